The molecule has 1 aromatic rings. The van der Waals surface area contributed by atoms with E-state index in [1.54, 1.807) is 0 Å². The van der Waals surface area contributed by atoms with Gasteiger partial charge in [-0.05, 0) is 61.8 Å². The quantitative estimate of drug-likeness (QED) is 0.840. The van der Waals surface area contributed by atoms with E-state index in [4.69, 9.17) is 0 Å². The maximum absolute atomic E-state index is 10.2. The fourth-order valence-corrected chi connectivity index (χ4v) is 3.97. The van der Waals surface area contributed by atoms with Crippen LogP contribution in [0.25, 0.3) is 0 Å². The Labute approximate surface area is 104 Å². The summed E-state index contributed by atoms with van der Waals surface area (Å²) in [6.45, 7) is 0. The predicted octanol–water partition coefficient (Wildman–Crippen LogP) is 3.42. The van der Waals surface area contributed by atoms with E-state index in [0.717, 1.165) is 5.92 Å². The highest BCUT2D eigenvalue weighted by molar-refractivity contribution is 5.14. The molecule has 17 heavy (non-hydrogen) atoms. The van der Waals surface area contributed by atoms with Crippen molar-refractivity contribution in [1.29, 1.82) is 0 Å². The molecule has 4 atom stereocenters. The lowest BCUT2D eigenvalue weighted by Crippen LogP contribution is -2.27. The summed E-state index contributed by atoms with van der Waals surface area (Å²) in [5, 5.41) is 10.2. The number of fused-ring (bicyclic) bond motifs is 2. The highest BCUT2D eigenvalue weighted by Gasteiger charge is 2.45. The number of hydrogen-bond acceptors (Lipinski definition) is 1. The summed E-state index contributed by atoms with van der Waals surface area (Å²) in [4.78, 5) is 0. The first-order valence-electron chi connectivity index (χ1n) is 7.06. The third kappa shape index (κ3) is 2.26. The Morgan fingerprint density at radius 1 is 1.06 bits per heavy atom. The SMILES string of the molecule is O[C@@H]1[C@@H]2CC[C@@H](C2)[C@H]1CCCc1ccccc1. The Morgan fingerprint density at radius 3 is 2.53 bits per heavy atom. The Hall–Kier alpha value is -0.820. The Bertz CT molecular complexity index is 357. The van der Waals surface area contributed by atoms with E-state index in [1.165, 1.54) is 44.1 Å². The molecular weight excluding hydrogens is 208 g/mol. The predicted molar refractivity (Wildman–Crippen MR) is 69.7 cm³/mol. The van der Waals surface area contributed by atoms with Gasteiger partial charge >= 0.3 is 0 Å². The molecule has 0 aromatic heterocycles. The van der Waals surface area contributed by atoms with Crippen LogP contribution in [0.1, 0.15) is 37.7 Å². The van der Waals surface area contributed by atoms with Crippen LogP contribution >= 0.6 is 0 Å². The molecule has 2 aliphatic carbocycles. The Balaban J connectivity index is 1.49. The second-order valence-electron chi connectivity index (χ2n) is 5.87. The van der Waals surface area contributed by atoms with Crippen molar-refractivity contribution in [2.24, 2.45) is 17.8 Å². The lowest BCUT2D eigenvalue weighted by Gasteiger charge is -2.27. The summed E-state index contributed by atoms with van der Waals surface area (Å²) >= 11 is 0. The van der Waals surface area contributed by atoms with Crippen LogP contribution in [-0.4, -0.2) is 11.2 Å². The molecule has 1 heteroatoms. The van der Waals surface area contributed by atoms with Gasteiger partial charge < -0.3 is 5.11 Å². The molecule has 1 N–H and O–H groups in total. The van der Waals surface area contributed by atoms with Gasteiger partial charge in [0.05, 0.1) is 6.10 Å². The first-order chi connectivity index (χ1) is 8.34. The van der Waals surface area contributed by atoms with Gasteiger partial charge in [0.2, 0.25) is 0 Å². The minimum atomic E-state index is 0.0181. The van der Waals surface area contributed by atoms with E-state index < -0.39 is 0 Å². The van der Waals surface area contributed by atoms with Gasteiger partial charge in [-0.3, -0.25) is 0 Å². The van der Waals surface area contributed by atoms with E-state index in [2.05, 4.69) is 30.3 Å². The zero-order valence-corrected chi connectivity index (χ0v) is 10.4. The van der Waals surface area contributed by atoms with Crippen molar-refractivity contribution in [2.45, 2.75) is 44.6 Å². The van der Waals surface area contributed by atoms with Crippen LogP contribution in [-0.2, 0) is 6.42 Å². The Morgan fingerprint density at radius 2 is 1.82 bits per heavy atom. The van der Waals surface area contributed by atoms with Crippen molar-refractivity contribution in [3.05, 3.63) is 35.9 Å². The molecule has 2 aliphatic rings. The molecule has 0 amide bonds. The maximum Gasteiger partial charge on any atom is 0.0599 e. The van der Waals surface area contributed by atoms with Crippen LogP contribution in [0.5, 0.6) is 0 Å². The van der Waals surface area contributed by atoms with Crippen molar-refractivity contribution in [2.75, 3.05) is 0 Å². The fourth-order valence-electron chi connectivity index (χ4n) is 3.97. The summed E-state index contributed by atoms with van der Waals surface area (Å²) in [5.41, 5.74) is 1.44. The first kappa shape index (κ1) is 11.3. The van der Waals surface area contributed by atoms with E-state index in [-0.39, 0.29) is 6.10 Å². The van der Waals surface area contributed by atoms with Crippen LogP contribution in [0.2, 0.25) is 0 Å². The molecule has 2 fully saturated rings. The zero-order valence-electron chi connectivity index (χ0n) is 10.4. The number of aryl methyl sites for hydroxylation is 1. The molecule has 1 nitrogen and oxygen atoms in total. The summed E-state index contributed by atoms with van der Waals surface area (Å²) in [6, 6.07) is 10.7. The first-order valence-corrected chi connectivity index (χ1v) is 7.06. The molecular formula is C16H22O. The second-order valence-corrected chi connectivity index (χ2v) is 5.87. The van der Waals surface area contributed by atoms with Crippen LogP contribution in [0.4, 0.5) is 0 Å². The van der Waals surface area contributed by atoms with Crippen molar-refractivity contribution in [1.82, 2.24) is 0 Å². The standard InChI is InChI=1S/C16H22O/c17-16-14-10-9-13(11-14)15(16)8-4-7-12-5-2-1-3-6-12/h1-3,5-6,13-17H,4,7-11H2/t13-,14+,15+,16+/m0/s1. The molecule has 0 radical (unpaired) electrons. The monoisotopic (exact) mass is 230 g/mol. The lowest BCUT2D eigenvalue weighted by molar-refractivity contribution is 0.0538. The number of aliphatic hydroxyl groups excluding tert-OH is 1. The highest BCUT2D eigenvalue weighted by atomic mass is 16.3. The average molecular weight is 230 g/mol. The van der Waals surface area contributed by atoms with E-state index >= 15 is 0 Å². The molecule has 92 valence electrons. The molecule has 0 spiro atoms. The minimum Gasteiger partial charge on any atom is -0.393 e. The van der Waals surface area contributed by atoms with Gasteiger partial charge in [-0.1, -0.05) is 30.3 Å². The van der Waals surface area contributed by atoms with Gasteiger partial charge in [-0.2, -0.15) is 0 Å². The van der Waals surface area contributed by atoms with E-state index in [0.29, 0.717) is 11.8 Å². The largest absolute Gasteiger partial charge is 0.393 e. The smallest absolute Gasteiger partial charge is 0.0599 e. The van der Waals surface area contributed by atoms with Gasteiger partial charge in [0.15, 0.2) is 0 Å². The molecule has 2 saturated carbocycles. The third-order valence-electron chi connectivity index (χ3n) is 4.89. The topological polar surface area (TPSA) is 20.2 Å². The summed E-state index contributed by atoms with van der Waals surface area (Å²) < 4.78 is 0. The zero-order chi connectivity index (χ0) is 11.7. The van der Waals surface area contributed by atoms with Gasteiger partial charge in [0.25, 0.3) is 0 Å². The van der Waals surface area contributed by atoms with Gasteiger partial charge in [-0.25, -0.2) is 0 Å². The average Bonchev–Trinajstić information content (AvgIpc) is 2.94. The number of aliphatic hydroxyl groups is 1. The minimum absolute atomic E-state index is 0.0181. The van der Waals surface area contributed by atoms with Gasteiger partial charge in [0.1, 0.15) is 0 Å². The Kier molecular flexibility index (Phi) is 3.19. The van der Waals surface area contributed by atoms with Crippen molar-refractivity contribution >= 4 is 0 Å². The number of hydrogen-bond donors (Lipinski definition) is 1. The molecule has 0 unspecified atom stereocenters. The normalized spacial score (nSPS) is 35.4. The van der Waals surface area contributed by atoms with Crippen LogP contribution in [0.3, 0.4) is 0 Å². The van der Waals surface area contributed by atoms with Crippen LogP contribution < -0.4 is 0 Å². The molecule has 2 bridgehead atoms. The highest BCUT2D eigenvalue weighted by Crippen LogP contribution is 2.50. The maximum atomic E-state index is 10.2. The fraction of sp³-hybridized carbons (Fsp3) is 0.625. The van der Waals surface area contributed by atoms with Crippen LogP contribution in [0, 0.1) is 17.8 Å². The molecule has 1 aromatic carbocycles. The summed E-state index contributed by atoms with van der Waals surface area (Å²) in [6.07, 6.45) is 7.59. The van der Waals surface area contributed by atoms with Crippen molar-refractivity contribution in [3.63, 3.8) is 0 Å². The molecule has 0 saturated heterocycles. The number of benzene rings is 1. The molecule has 0 heterocycles. The van der Waals surface area contributed by atoms with E-state index in [9.17, 15) is 5.11 Å². The lowest BCUT2D eigenvalue weighted by atomic mass is 9.83. The van der Waals surface area contributed by atoms with Gasteiger partial charge in [-0.15, -0.1) is 0 Å². The second kappa shape index (κ2) is 4.81. The summed E-state index contributed by atoms with van der Waals surface area (Å²) in [5.74, 6) is 2.09. The van der Waals surface area contributed by atoms with Crippen molar-refractivity contribution in [3.8, 4) is 0 Å². The molecule has 0 aliphatic heterocycles. The summed E-state index contributed by atoms with van der Waals surface area (Å²) in [7, 11) is 0. The number of rotatable bonds is 4. The van der Waals surface area contributed by atoms with Crippen molar-refractivity contribution < 1.29 is 5.11 Å². The molecule has 3 rings (SSSR count). The van der Waals surface area contributed by atoms with Crippen LogP contribution in [0.15, 0.2) is 30.3 Å². The third-order valence-corrected chi connectivity index (χ3v) is 4.89. The van der Waals surface area contributed by atoms with E-state index in [1.807, 2.05) is 0 Å². The van der Waals surface area contributed by atoms with Gasteiger partial charge in [0, 0.05) is 0 Å².